The van der Waals surface area contributed by atoms with Crippen LogP contribution < -0.4 is 15.4 Å². The van der Waals surface area contributed by atoms with Crippen LogP contribution in [-0.2, 0) is 4.79 Å². The lowest BCUT2D eigenvalue weighted by atomic mass is 10.2. The Bertz CT molecular complexity index is 992. The van der Waals surface area contributed by atoms with Crippen LogP contribution in [0.25, 0.3) is 0 Å². The van der Waals surface area contributed by atoms with E-state index >= 15 is 0 Å². The summed E-state index contributed by atoms with van der Waals surface area (Å²) in [4.78, 5) is 25.3. The van der Waals surface area contributed by atoms with Gasteiger partial charge in [0.25, 0.3) is 5.91 Å². The Morgan fingerprint density at radius 3 is 2.31 bits per heavy atom. The second kappa shape index (κ2) is 10.0. The lowest BCUT2D eigenvalue weighted by Crippen LogP contribution is -2.14. The molecule has 0 aromatic heterocycles. The molecule has 0 aliphatic rings. The average molecular weight is 427 g/mol. The van der Waals surface area contributed by atoms with Crippen molar-refractivity contribution in [2.75, 3.05) is 23.5 Å². The summed E-state index contributed by atoms with van der Waals surface area (Å²) in [6, 6.07) is 21.2. The topological polar surface area (TPSA) is 67.4 Å². The van der Waals surface area contributed by atoms with Gasteiger partial charge in [0.2, 0.25) is 5.91 Å². The van der Waals surface area contributed by atoms with Gasteiger partial charge in [0.15, 0.2) is 0 Å². The molecule has 3 rings (SSSR count). The van der Waals surface area contributed by atoms with Crippen molar-refractivity contribution in [2.45, 2.75) is 4.90 Å². The Balaban J connectivity index is 1.50. The van der Waals surface area contributed by atoms with Crippen LogP contribution in [0.4, 0.5) is 11.4 Å². The van der Waals surface area contributed by atoms with E-state index in [0.717, 1.165) is 4.90 Å². The summed E-state index contributed by atoms with van der Waals surface area (Å²) < 4.78 is 5.09. The van der Waals surface area contributed by atoms with Crippen LogP contribution in [0.1, 0.15) is 10.4 Å². The fraction of sp³-hybridized carbons (Fsp3) is 0.0909. The molecule has 0 saturated carbocycles. The number of carbonyl (C=O) groups is 2. The van der Waals surface area contributed by atoms with Crippen molar-refractivity contribution < 1.29 is 14.3 Å². The molecular formula is C22H19ClN2O3S. The fourth-order valence-corrected chi connectivity index (χ4v) is 3.38. The van der Waals surface area contributed by atoms with Crippen LogP contribution >= 0.6 is 23.4 Å². The van der Waals surface area contributed by atoms with Gasteiger partial charge in [-0.25, -0.2) is 0 Å². The molecule has 0 aliphatic carbocycles. The Morgan fingerprint density at radius 2 is 1.66 bits per heavy atom. The van der Waals surface area contributed by atoms with Crippen LogP contribution in [0.2, 0.25) is 5.02 Å². The number of ether oxygens (including phenoxy) is 1. The zero-order valence-electron chi connectivity index (χ0n) is 15.6. The normalized spacial score (nSPS) is 10.3. The highest BCUT2D eigenvalue weighted by Gasteiger charge is 2.07. The maximum absolute atomic E-state index is 12.3. The maximum atomic E-state index is 12.3. The molecule has 0 saturated heterocycles. The van der Waals surface area contributed by atoms with E-state index in [-0.39, 0.29) is 17.6 Å². The molecule has 5 nitrogen and oxygen atoms in total. The van der Waals surface area contributed by atoms with Crippen LogP contribution in [-0.4, -0.2) is 24.7 Å². The molecule has 0 spiro atoms. The van der Waals surface area contributed by atoms with Gasteiger partial charge in [-0.2, -0.15) is 0 Å². The number of carbonyl (C=O) groups excluding carboxylic acids is 2. The number of anilines is 2. The highest BCUT2D eigenvalue weighted by molar-refractivity contribution is 8.00. The van der Waals surface area contributed by atoms with Gasteiger partial charge in [0.05, 0.1) is 12.9 Å². The minimum absolute atomic E-state index is 0.117. The smallest absolute Gasteiger partial charge is 0.255 e. The largest absolute Gasteiger partial charge is 0.497 e. The molecule has 7 heteroatoms. The molecule has 0 radical (unpaired) electrons. The minimum Gasteiger partial charge on any atom is -0.497 e. The van der Waals surface area contributed by atoms with Gasteiger partial charge in [-0.05, 0) is 66.7 Å². The van der Waals surface area contributed by atoms with E-state index < -0.39 is 0 Å². The lowest BCUT2D eigenvalue weighted by Gasteiger charge is -2.08. The van der Waals surface area contributed by atoms with Gasteiger partial charge in [-0.3, -0.25) is 9.59 Å². The molecule has 29 heavy (non-hydrogen) atoms. The van der Waals surface area contributed by atoms with Crippen molar-refractivity contribution in [3.8, 4) is 5.75 Å². The zero-order chi connectivity index (χ0) is 20.6. The number of amides is 2. The molecular weight excluding hydrogens is 408 g/mol. The van der Waals surface area contributed by atoms with E-state index in [1.165, 1.54) is 11.8 Å². The molecule has 3 aromatic carbocycles. The number of thioether (sulfide) groups is 1. The molecule has 3 aromatic rings. The summed E-state index contributed by atoms with van der Waals surface area (Å²) in [5, 5.41) is 6.22. The van der Waals surface area contributed by atoms with Crippen molar-refractivity contribution in [2.24, 2.45) is 0 Å². The number of halogens is 1. The van der Waals surface area contributed by atoms with Crippen molar-refractivity contribution in [1.82, 2.24) is 0 Å². The van der Waals surface area contributed by atoms with Crippen molar-refractivity contribution in [3.63, 3.8) is 0 Å². The molecule has 0 fully saturated rings. The first-order chi connectivity index (χ1) is 14.0. The average Bonchev–Trinajstić information content (AvgIpc) is 2.73. The summed E-state index contributed by atoms with van der Waals surface area (Å²) >= 11 is 7.32. The van der Waals surface area contributed by atoms with Crippen molar-refractivity contribution >= 4 is 46.6 Å². The highest BCUT2D eigenvalue weighted by atomic mass is 35.5. The van der Waals surface area contributed by atoms with Crippen molar-refractivity contribution in [3.05, 3.63) is 83.4 Å². The van der Waals surface area contributed by atoms with Gasteiger partial charge in [0, 0.05) is 26.9 Å². The molecule has 2 N–H and O–H groups in total. The number of nitrogens with one attached hydrogen (secondary N) is 2. The molecule has 0 bridgehead atoms. The molecule has 0 heterocycles. The van der Waals surface area contributed by atoms with Gasteiger partial charge in [-0.1, -0.05) is 17.7 Å². The van der Waals surface area contributed by atoms with Crippen molar-refractivity contribution in [1.29, 1.82) is 0 Å². The van der Waals surface area contributed by atoms with Crippen LogP contribution in [0.15, 0.2) is 77.7 Å². The van der Waals surface area contributed by atoms with Gasteiger partial charge < -0.3 is 15.4 Å². The van der Waals surface area contributed by atoms with Crippen LogP contribution in [0, 0.1) is 0 Å². The SMILES string of the molecule is COc1ccc(C(=O)Nc2ccc(SCC(=O)Nc3cccc(Cl)c3)cc2)cc1. The first-order valence-electron chi connectivity index (χ1n) is 8.77. The minimum atomic E-state index is -0.200. The third-order valence-electron chi connectivity index (χ3n) is 3.94. The fourth-order valence-electron chi connectivity index (χ4n) is 2.49. The van der Waals surface area contributed by atoms with Crippen LogP contribution in [0.3, 0.4) is 0 Å². The van der Waals surface area contributed by atoms with Gasteiger partial charge in [-0.15, -0.1) is 11.8 Å². The Labute approximate surface area is 178 Å². The predicted octanol–water partition coefficient (Wildman–Crippen LogP) is 5.33. The third kappa shape index (κ3) is 6.27. The number of methoxy groups -OCH3 is 1. The number of benzene rings is 3. The van der Waals surface area contributed by atoms with Crippen LogP contribution in [0.5, 0.6) is 5.75 Å². The quantitative estimate of drug-likeness (QED) is 0.501. The second-order valence-corrected chi connectivity index (χ2v) is 7.54. The standard InChI is InChI=1S/C22H19ClN2O3S/c1-28-19-9-5-15(6-10-19)22(27)25-17-7-11-20(12-8-17)29-14-21(26)24-18-4-2-3-16(23)13-18/h2-13H,14H2,1H3,(H,24,26)(H,25,27). The number of rotatable bonds is 7. The summed E-state index contributed by atoms with van der Waals surface area (Å²) in [5.74, 6) is 0.648. The summed E-state index contributed by atoms with van der Waals surface area (Å²) in [7, 11) is 1.58. The van der Waals surface area contributed by atoms with Gasteiger partial charge in [0.1, 0.15) is 5.75 Å². The number of hydrogen-bond donors (Lipinski definition) is 2. The molecule has 0 atom stereocenters. The van der Waals surface area contributed by atoms with E-state index in [2.05, 4.69) is 10.6 Å². The van der Waals surface area contributed by atoms with E-state index in [0.29, 0.717) is 27.7 Å². The van der Waals surface area contributed by atoms with E-state index in [4.69, 9.17) is 16.3 Å². The summed E-state index contributed by atoms with van der Waals surface area (Å²) in [6.07, 6.45) is 0. The Hall–Kier alpha value is -2.96. The lowest BCUT2D eigenvalue weighted by molar-refractivity contribution is -0.113. The number of hydrogen-bond acceptors (Lipinski definition) is 4. The monoisotopic (exact) mass is 426 g/mol. The first-order valence-corrected chi connectivity index (χ1v) is 10.1. The third-order valence-corrected chi connectivity index (χ3v) is 5.19. The predicted molar refractivity (Wildman–Crippen MR) is 118 cm³/mol. The van der Waals surface area contributed by atoms with E-state index in [9.17, 15) is 9.59 Å². The van der Waals surface area contributed by atoms with Gasteiger partial charge >= 0.3 is 0 Å². The Kier molecular flexibility index (Phi) is 7.16. The molecule has 0 unspecified atom stereocenters. The molecule has 2 amide bonds. The summed E-state index contributed by atoms with van der Waals surface area (Å²) in [5.41, 5.74) is 1.89. The zero-order valence-corrected chi connectivity index (χ0v) is 17.2. The first kappa shape index (κ1) is 20.8. The molecule has 0 aliphatic heterocycles. The highest BCUT2D eigenvalue weighted by Crippen LogP contribution is 2.22. The van der Waals surface area contributed by atoms with E-state index in [1.807, 2.05) is 12.1 Å². The molecule has 148 valence electrons. The maximum Gasteiger partial charge on any atom is 0.255 e. The Morgan fingerprint density at radius 1 is 0.931 bits per heavy atom. The van der Waals surface area contributed by atoms with E-state index in [1.54, 1.807) is 67.8 Å². The second-order valence-electron chi connectivity index (χ2n) is 6.05. The summed E-state index contributed by atoms with van der Waals surface area (Å²) in [6.45, 7) is 0.